The first kappa shape index (κ1) is 32.4. The Hall–Kier alpha value is -3.79. The Labute approximate surface area is 240 Å². The van der Waals surface area contributed by atoms with Crippen molar-refractivity contribution in [3.8, 4) is 12.3 Å². The Bertz CT molecular complexity index is 1130. The number of nitrogens with one attached hydrogen (secondary N) is 2. The van der Waals surface area contributed by atoms with Gasteiger partial charge in [0.25, 0.3) is 0 Å². The number of hydrogen-bond acceptors (Lipinski definition) is 4. The lowest BCUT2D eigenvalue weighted by atomic mass is 9.98. The average Bonchev–Trinajstić information content (AvgIpc) is 2.89. The van der Waals surface area contributed by atoms with Crippen LogP contribution in [0.5, 0.6) is 0 Å². The highest BCUT2D eigenvalue weighted by Gasteiger charge is 2.36. The number of amides is 3. The molecule has 2 aromatic rings. The second kappa shape index (κ2) is 15.7. The van der Waals surface area contributed by atoms with Crippen molar-refractivity contribution >= 4 is 17.9 Å². The molecular formula is C33H45N3O4. The number of terminal acetylenes is 1. The number of nitrogens with zero attached hydrogens (tertiary/aromatic N) is 1. The zero-order valence-electron chi connectivity index (χ0n) is 24.8. The summed E-state index contributed by atoms with van der Waals surface area (Å²) in [7, 11) is 0. The summed E-state index contributed by atoms with van der Waals surface area (Å²) >= 11 is 0. The summed E-state index contributed by atoms with van der Waals surface area (Å²) in [6, 6.07) is 14.6. The van der Waals surface area contributed by atoms with E-state index in [1.807, 2.05) is 44.2 Å². The van der Waals surface area contributed by atoms with Gasteiger partial charge in [-0.15, -0.1) is 6.42 Å². The van der Waals surface area contributed by atoms with Gasteiger partial charge in [-0.1, -0.05) is 74.6 Å². The molecule has 2 unspecified atom stereocenters. The van der Waals surface area contributed by atoms with Crippen molar-refractivity contribution in [2.24, 2.45) is 0 Å². The molecule has 3 amide bonds. The van der Waals surface area contributed by atoms with Crippen LogP contribution in [0.2, 0.25) is 0 Å². The maximum Gasteiger partial charge on any atom is 0.408 e. The van der Waals surface area contributed by atoms with Crippen molar-refractivity contribution < 1.29 is 19.1 Å². The van der Waals surface area contributed by atoms with Gasteiger partial charge in [0, 0.05) is 24.6 Å². The van der Waals surface area contributed by atoms with Gasteiger partial charge in [-0.3, -0.25) is 9.59 Å². The van der Waals surface area contributed by atoms with Crippen molar-refractivity contribution in [2.75, 3.05) is 6.54 Å². The molecule has 216 valence electrons. The second-order valence-electron chi connectivity index (χ2n) is 11.3. The van der Waals surface area contributed by atoms with Gasteiger partial charge in [0.1, 0.15) is 17.7 Å². The third kappa shape index (κ3) is 10.8. The number of alkyl carbamates (subject to hydrolysis) is 1. The third-order valence-corrected chi connectivity index (χ3v) is 6.19. The van der Waals surface area contributed by atoms with Gasteiger partial charge in [-0.2, -0.15) is 0 Å². The molecule has 0 saturated heterocycles. The van der Waals surface area contributed by atoms with Gasteiger partial charge in [-0.05, 0) is 64.3 Å². The summed E-state index contributed by atoms with van der Waals surface area (Å²) in [5.41, 5.74) is 1.48. The fraction of sp³-hybridized carbons (Fsp3) is 0.485. The molecule has 0 heterocycles. The van der Waals surface area contributed by atoms with Gasteiger partial charge >= 0.3 is 6.09 Å². The predicted molar refractivity (Wildman–Crippen MR) is 160 cm³/mol. The van der Waals surface area contributed by atoms with Crippen molar-refractivity contribution in [2.45, 2.75) is 97.4 Å². The number of hydrogen-bond donors (Lipinski definition) is 2. The Morgan fingerprint density at radius 2 is 1.60 bits per heavy atom. The number of carbonyl (C=O) groups excluding carboxylic acids is 3. The van der Waals surface area contributed by atoms with Gasteiger partial charge in [0.2, 0.25) is 11.8 Å². The van der Waals surface area contributed by atoms with Crippen LogP contribution in [0.3, 0.4) is 0 Å². The largest absolute Gasteiger partial charge is 0.444 e. The summed E-state index contributed by atoms with van der Waals surface area (Å²) in [4.78, 5) is 42.5. The molecule has 0 aliphatic heterocycles. The zero-order chi connectivity index (χ0) is 29.7. The van der Waals surface area contributed by atoms with E-state index in [1.165, 1.54) is 0 Å². The molecule has 2 rings (SSSR count). The van der Waals surface area contributed by atoms with Crippen LogP contribution in [0.25, 0.3) is 0 Å². The first-order chi connectivity index (χ1) is 18.9. The van der Waals surface area contributed by atoms with E-state index in [4.69, 9.17) is 11.2 Å². The van der Waals surface area contributed by atoms with E-state index in [2.05, 4.69) is 23.5 Å². The highest BCUT2D eigenvalue weighted by molar-refractivity contribution is 5.92. The maximum atomic E-state index is 14.4. The van der Waals surface area contributed by atoms with Gasteiger partial charge in [0.15, 0.2) is 0 Å². The van der Waals surface area contributed by atoms with Crippen LogP contribution in [0, 0.1) is 12.3 Å². The summed E-state index contributed by atoms with van der Waals surface area (Å²) in [5.74, 6) is 1.96. The first-order valence-electron chi connectivity index (χ1n) is 14.2. The van der Waals surface area contributed by atoms with Gasteiger partial charge in [-0.25, -0.2) is 4.79 Å². The molecule has 0 bridgehead atoms. The number of carbonyl (C=O) groups is 3. The molecule has 0 radical (unpaired) electrons. The lowest BCUT2D eigenvalue weighted by molar-refractivity contribution is -0.142. The lowest BCUT2D eigenvalue weighted by Crippen LogP contribution is -2.54. The Kier molecular flexibility index (Phi) is 12.7. The van der Waals surface area contributed by atoms with Crippen LogP contribution in [-0.4, -0.2) is 47.0 Å². The third-order valence-electron chi connectivity index (χ3n) is 6.19. The minimum absolute atomic E-state index is 0.128. The molecule has 0 aliphatic rings. The Balaban J connectivity index is 2.55. The molecule has 40 heavy (non-hydrogen) atoms. The van der Waals surface area contributed by atoms with Crippen molar-refractivity contribution in [3.05, 3.63) is 71.3 Å². The van der Waals surface area contributed by atoms with E-state index >= 15 is 0 Å². The van der Waals surface area contributed by atoms with Crippen LogP contribution < -0.4 is 10.6 Å². The van der Waals surface area contributed by atoms with E-state index in [0.717, 1.165) is 31.2 Å². The summed E-state index contributed by atoms with van der Waals surface area (Å²) in [6.45, 7) is 11.5. The monoisotopic (exact) mass is 547 g/mol. The average molecular weight is 548 g/mol. The molecule has 7 heteroatoms. The molecule has 0 saturated carbocycles. The Morgan fingerprint density at radius 3 is 2.15 bits per heavy atom. The maximum absolute atomic E-state index is 14.4. The molecule has 7 nitrogen and oxygen atoms in total. The molecule has 2 aromatic carbocycles. The van der Waals surface area contributed by atoms with Gasteiger partial charge in [0.05, 0.1) is 0 Å². The van der Waals surface area contributed by atoms with E-state index in [0.29, 0.717) is 17.7 Å². The number of ether oxygens (including phenoxy) is 1. The molecular weight excluding hydrogens is 502 g/mol. The van der Waals surface area contributed by atoms with E-state index in [1.54, 1.807) is 49.9 Å². The zero-order valence-corrected chi connectivity index (χ0v) is 24.8. The first-order valence-corrected chi connectivity index (χ1v) is 14.2. The minimum Gasteiger partial charge on any atom is -0.444 e. The van der Waals surface area contributed by atoms with Crippen LogP contribution in [0.1, 0.15) is 90.0 Å². The molecule has 0 spiro atoms. The van der Waals surface area contributed by atoms with E-state index in [-0.39, 0.29) is 24.3 Å². The molecule has 0 fully saturated rings. The molecule has 2 N–H and O–H groups in total. The standard InChI is InChI=1S/C33H45N3O4/c1-8-10-11-15-22-36(29(30(37)34-24(3)4)27-20-18-25(9-2)19-21-27)31(38)28(23-26-16-13-12-14-17-26)35-32(39)40-33(5,6)7/h2,12-14,16-21,24,28-29H,8,10-11,15,22-23H2,1,3-7H3,(H,34,37)(H,35,39). The number of unbranched alkanes of at least 4 members (excludes halogenated alkanes) is 3. The highest BCUT2D eigenvalue weighted by Crippen LogP contribution is 2.25. The second-order valence-corrected chi connectivity index (χ2v) is 11.3. The molecule has 0 aliphatic carbocycles. The lowest BCUT2D eigenvalue weighted by Gasteiger charge is -2.35. The smallest absolute Gasteiger partial charge is 0.408 e. The summed E-state index contributed by atoms with van der Waals surface area (Å²) in [5, 5.41) is 5.78. The summed E-state index contributed by atoms with van der Waals surface area (Å²) < 4.78 is 5.50. The normalized spacial score (nSPS) is 12.7. The minimum atomic E-state index is -0.942. The van der Waals surface area contributed by atoms with Gasteiger partial charge < -0.3 is 20.3 Å². The van der Waals surface area contributed by atoms with Crippen molar-refractivity contribution in [1.82, 2.24) is 15.5 Å². The quantitative estimate of drug-likeness (QED) is 0.246. The van der Waals surface area contributed by atoms with Crippen molar-refractivity contribution in [3.63, 3.8) is 0 Å². The predicted octanol–water partition coefficient (Wildman–Crippen LogP) is 5.78. The SMILES string of the molecule is C#Cc1ccc(C(C(=O)NC(C)C)N(CCCCCC)C(=O)C(Cc2ccccc2)NC(=O)OC(C)(C)C)cc1. The van der Waals surface area contributed by atoms with E-state index in [9.17, 15) is 14.4 Å². The summed E-state index contributed by atoms with van der Waals surface area (Å²) in [6.07, 6.45) is 8.82. The fourth-order valence-electron chi connectivity index (χ4n) is 4.37. The van der Waals surface area contributed by atoms with Crippen LogP contribution in [0.4, 0.5) is 4.79 Å². The molecule has 0 aromatic heterocycles. The highest BCUT2D eigenvalue weighted by atomic mass is 16.6. The van der Waals surface area contributed by atoms with Crippen LogP contribution >= 0.6 is 0 Å². The number of benzene rings is 2. The molecule has 2 atom stereocenters. The van der Waals surface area contributed by atoms with Crippen LogP contribution in [0.15, 0.2) is 54.6 Å². The number of rotatable bonds is 13. The fourth-order valence-corrected chi connectivity index (χ4v) is 4.37. The van der Waals surface area contributed by atoms with Crippen LogP contribution in [-0.2, 0) is 20.7 Å². The topological polar surface area (TPSA) is 87.7 Å². The van der Waals surface area contributed by atoms with Crippen molar-refractivity contribution in [1.29, 1.82) is 0 Å². The van der Waals surface area contributed by atoms with E-state index < -0.39 is 23.8 Å². The Morgan fingerprint density at radius 1 is 0.950 bits per heavy atom.